The Morgan fingerprint density at radius 2 is 2.00 bits per heavy atom. The van der Waals surface area contributed by atoms with Crippen LogP contribution in [0.5, 0.6) is 5.75 Å². The van der Waals surface area contributed by atoms with Crippen molar-refractivity contribution in [1.29, 1.82) is 0 Å². The molecule has 1 N–H and O–H groups in total. The molecule has 2 aromatic rings. The molecule has 0 amide bonds. The van der Waals surface area contributed by atoms with E-state index in [1.165, 1.54) is 24.1 Å². The van der Waals surface area contributed by atoms with Crippen molar-refractivity contribution < 1.29 is 28.5 Å². The topological polar surface area (TPSA) is 113 Å². The molecular formula is C17H19N2O7+. The Balaban J connectivity index is 1.95. The molecule has 2 heterocycles. The largest absolute Gasteiger partial charge is 0.493 e. The van der Waals surface area contributed by atoms with Gasteiger partial charge < -0.3 is 18.8 Å². The average molecular weight is 363 g/mol. The second kappa shape index (κ2) is 7.12. The van der Waals surface area contributed by atoms with Crippen LogP contribution >= 0.6 is 0 Å². The highest BCUT2D eigenvalue weighted by atomic mass is 16.6. The third kappa shape index (κ3) is 3.52. The van der Waals surface area contributed by atoms with Gasteiger partial charge in [0.05, 0.1) is 38.2 Å². The summed E-state index contributed by atoms with van der Waals surface area (Å²) < 4.78 is 15.6. The van der Waals surface area contributed by atoms with E-state index in [9.17, 15) is 19.7 Å². The number of methoxy groups -OCH3 is 1. The zero-order valence-electron chi connectivity index (χ0n) is 14.4. The number of nitro benzene ring substituents is 1. The van der Waals surface area contributed by atoms with Crippen LogP contribution in [0.15, 0.2) is 27.4 Å². The molecule has 1 aromatic carbocycles. The van der Waals surface area contributed by atoms with Crippen molar-refractivity contribution in [3.8, 4) is 5.75 Å². The minimum atomic E-state index is -0.867. The number of ether oxygens (including phenoxy) is 2. The number of carbonyl (C=O) groups is 1. The number of nitrogens with zero attached hydrogens (tertiary/aromatic N) is 1. The number of rotatable bonds is 4. The van der Waals surface area contributed by atoms with Crippen molar-refractivity contribution in [1.82, 2.24) is 0 Å². The fourth-order valence-electron chi connectivity index (χ4n) is 3.00. The van der Waals surface area contributed by atoms with Gasteiger partial charge >= 0.3 is 11.6 Å². The average Bonchev–Trinajstić information content (AvgIpc) is 2.62. The van der Waals surface area contributed by atoms with E-state index in [-0.39, 0.29) is 34.1 Å². The monoisotopic (exact) mass is 363 g/mol. The lowest BCUT2D eigenvalue weighted by Crippen LogP contribution is -3.10. The minimum Gasteiger partial charge on any atom is -0.493 e. The van der Waals surface area contributed by atoms with E-state index in [1.54, 1.807) is 0 Å². The van der Waals surface area contributed by atoms with Crippen LogP contribution in [0.4, 0.5) is 5.69 Å². The standard InChI is InChI=1S/C17H18N2O7/c1-18-5-3-12(4-6-18)25-16(20)13-8-10-7-11(19(22)23)9-14(24-2)15(10)26-17(13)21/h7-9,12H,3-6H2,1-2H3/p+1. The molecule has 0 aliphatic carbocycles. The first-order chi connectivity index (χ1) is 12.4. The summed E-state index contributed by atoms with van der Waals surface area (Å²) in [7, 11) is 3.37. The van der Waals surface area contributed by atoms with E-state index in [2.05, 4.69) is 7.05 Å². The zero-order chi connectivity index (χ0) is 18.8. The van der Waals surface area contributed by atoms with Crippen LogP contribution in [0, 0.1) is 10.1 Å². The summed E-state index contributed by atoms with van der Waals surface area (Å²) in [5.41, 5.74) is -1.34. The predicted molar refractivity (Wildman–Crippen MR) is 90.7 cm³/mol. The van der Waals surface area contributed by atoms with Crippen molar-refractivity contribution in [2.75, 3.05) is 27.2 Å². The molecule has 9 heteroatoms. The van der Waals surface area contributed by atoms with E-state index in [1.807, 2.05) is 0 Å². The van der Waals surface area contributed by atoms with Gasteiger partial charge in [-0.05, 0) is 6.07 Å². The lowest BCUT2D eigenvalue weighted by Gasteiger charge is -2.26. The van der Waals surface area contributed by atoms with Gasteiger partial charge in [0.25, 0.3) is 5.69 Å². The van der Waals surface area contributed by atoms with Gasteiger partial charge in [0.2, 0.25) is 0 Å². The maximum absolute atomic E-state index is 12.4. The molecule has 0 unspecified atom stereocenters. The number of benzene rings is 1. The molecule has 1 aliphatic rings. The smallest absolute Gasteiger partial charge is 0.351 e. The lowest BCUT2D eigenvalue weighted by molar-refractivity contribution is -0.885. The number of nitro groups is 1. The molecule has 1 fully saturated rings. The fraction of sp³-hybridized carbons (Fsp3) is 0.412. The van der Waals surface area contributed by atoms with Gasteiger partial charge in [-0.15, -0.1) is 0 Å². The van der Waals surface area contributed by atoms with Crippen LogP contribution in [-0.4, -0.2) is 44.2 Å². The van der Waals surface area contributed by atoms with Gasteiger partial charge in [0.1, 0.15) is 11.7 Å². The number of hydrogen-bond donors (Lipinski definition) is 1. The van der Waals surface area contributed by atoms with Crippen molar-refractivity contribution in [3.05, 3.63) is 44.3 Å². The van der Waals surface area contributed by atoms with Crippen molar-refractivity contribution in [2.45, 2.75) is 18.9 Å². The Kier molecular flexibility index (Phi) is 4.90. The molecule has 138 valence electrons. The number of non-ortho nitro benzene ring substituents is 1. The van der Waals surface area contributed by atoms with E-state index in [0.29, 0.717) is 0 Å². The molecule has 1 aromatic heterocycles. The number of carbonyl (C=O) groups excluding carboxylic acids is 1. The summed E-state index contributed by atoms with van der Waals surface area (Å²) >= 11 is 0. The first kappa shape index (κ1) is 17.9. The summed E-state index contributed by atoms with van der Waals surface area (Å²) in [6.07, 6.45) is 1.19. The Hall–Kier alpha value is -2.94. The molecule has 0 radical (unpaired) electrons. The Morgan fingerprint density at radius 3 is 2.62 bits per heavy atom. The third-order valence-electron chi connectivity index (χ3n) is 4.49. The number of quaternary nitrogens is 1. The van der Waals surface area contributed by atoms with E-state index >= 15 is 0 Å². The van der Waals surface area contributed by atoms with Crippen LogP contribution in [0.3, 0.4) is 0 Å². The summed E-state index contributed by atoms with van der Waals surface area (Å²) in [5.74, 6) is -0.736. The summed E-state index contributed by atoms with van der Waals surface area (Å²) in [5, 5.41) is 11.3. The SMILES string of the molecule is COc1cc([N+](=O)[O-])cc2cc(C(=O)OC3CC[NH+](C)CC3)c(=O)oc12. The second-order valence-electron chi connectivity index (χ2n) is 6.33. The van der Waals surface area contributed by atoms with E-state index in [4.69, 9.17) is 13.9 Å². The number of esters is 1. The molecule has 9 nitrogen and oxygen atoms in total. The Bertz CT molecular complexity index is 913. The molecular weight excluding hydrogens is 344 g/mol. The van der Waals surface area contributed by atoms with Gasteiger partial charge in [0, 0.05) is 24.3 Å². The predicted octanol–water partition coefficient (Wildman–Crippen LogP) is 0.544. The van der Waals surface area contributed by atoms with Crippen LogP contribution in [0.2, 0.25) is 0 Å². The molecule has 0 bridgehead atoms. The van der Waals surface area contributed by atoms with Gasteiger partial charge in [-0.2, -0.15) is 0 Å². The molecule has 26 heavy (non-hydrogen) atoms. The highest BCUT2D eigenvalue weighted by molar-refractivity contribution is 5.94. The number of hydrogen-bond acceptors (Lipinski definition) is 7. The summed E-state index contributed by atoms with van der Waals surface area (Å²) in [4.78, 5) is 36.4. The maximum atomic E-state index is 12.4. The van der Waals surface area contributed by atoms with Crippen LogP contribution in [0.25, 0.3) is 11.0 Å². The minimum absolute atomic E-state index is 0.0440. The fourth-order valence-corrected chi connectivity index (χ4v) is 3.00. The molecule has 0 atom stereocenters. The van der Waals surface area contributed by atoms with Crippen molar-refractivity contribution in [2.24, 2.45) is 0 Å². The normalized spacial score (nSPS) is 19.9. The summed E-state index contributed by atoms with van der Waals surface area (Å²) in [6, 6.07) is 3.62. The second-order valence-corrected chi connectivity index (χ2v) is 6.33. The first-order valence-electron chi connectivity index (χ1n) is 8.21. The van der Waals surface area contributed by atoms with Crippen LogP contribution in [0.1, 0.15) is 23.2 Å². The van der Waals surface area contributed by atoms with Gasteiger partial charge in [-0.1, -0.05) is 0 Å². The van der Waals surface area contributed by atoms with Crippen LogP contribution in [-0.2, 0) is 4.74 Å². The molecule has 1 saturated heterocycles. The molecule has 3 rings (SSSR count). The van der Waals surface area contributed by atoms with Crippen LogP contribution < -0.4 is 15.3 Å². The number of piperidine rings is 1. The first-order valence-corrected chi connectivity index (χ1v) is 8.21. The van der Waals surface area contributed by atoms with Crippen molar-refractivity contribution in [3.63, 3.8) is 0 Å². The molecule has 0 spiro atoms. The van der Waals surface area contributed by atoms with Crippen molar-refractivity contribution >= 4 is 22.6 Å². The highest BCUT2D eigenvalue weighted by Crippen LogP contribution is 2.30. The third-order valence-corrected chi connectivity index (χ3v) is 4.49. The highest BCUT2D eigenvalue weighted by Gasteiger charge is 2.26. The number of likely N-dealkylation sites (tertiary alicyclic amines) is 1. The molecule has 1 aliphatic heterocycles. The Morgan fingerprint density at radius 1 is 1.31 bits per heavy atom. The van der Waals surface area contributed by atoms with Gasteiger partial charge in [-0.25, -0.2) is 9.59 Å². The zero-order valence-corrected chi connectivity index (χ0v) is 14.4. The Labute approximate surface area is 148 Å². The van der Waals surface area contributed by atoms with Gasteiger partial charge in [-0.3, -0.25) is 10.1 Å². The number of fused-ring (bicyclic) bond motifs is 1. The van der Waals surface area contributed by atoms with E-state index in [0.717, 1.165) is 32.0 Å². The van der Waals surface area contributed by atoms with Gasteiger partial charge in [0.15, 0.2) is 11.3 Å². The molecule has 0 saturated carbocycles. The number of nitrogens with one attached hydrogen (secondary N) is 1. The van der Waals surface area contributed by atoms with E-state index < -0.39 is 16.5 Å². The summed E-state index contributed by atoms with van der Waals surface area (Å²) in [6.45, 7) is 1.77. The quantitative estimate of drug-likeness (QED) is 0.365. The maximum Gasteiger partial charge on any atom is 0.351 e. The lowest BCUT2D eigenvalue weighted by atomic mass is 10.1.